The first-order chi connectivity index (χ1) is 16.7. The largest absolute Gasteiger partial charge is 0.494 e. The van der Waals surface area contributed by atoms with Crippen LogP contribution in [0.1, 0.15) is 45.2 Å². The van der Waals surface area contributed by atoms with Gasteiger partial charge in [-0.05, 0) is 53.2 Å². The summed E-state index contributed by atoms with van der Waals surface area (Å²) in [6.07, 6.45) is 7.30. The lowest BCUT2D eigenvalue weighted by atomic mass is 9.85. The Hall–Kier alpha value is -3.11. The number of methoxy groups -OCH3 is 1. The molecule has 1 unspecified atom stereocenters. The second kappa shape index (κ2) is 14.3. The minimum atomic E-state index is -0.387. The second-order valence-corrected chi connectivity index (χ2v) is 9.56. The summed E-state index contributed by atoms with van der Waals surface area (Å²) in [6, 6.07) is 18.0. The quantitative estimate of drug-likeness (QED) is 0.176. The second-order valence-electron chi connectivity index (χ2n) is 9.56. The van der Waals surface area contributed by atoms with Gasteiger partial charge in [0.2, 0.25) is 0 Å². The molecule has 0 bridgehead atoms. The minimum absolute atomic E-state index is 0.0278. The van der Waals surface area contributed by atoms with Crippen molar-refractivity contribution in [1.82, 2.24) is 0 Å². The van der Waals surface area contributed by atoms with Gasteiger partial charge in [0.25, 0.3) is 0 Å². The molecule has 0 heterocycles. The maximum absolute atomic E-state index is 12.6. The third kappa shape index (κ3) is 9.96. The zero-order chi connectivity index (χ0) is 25.7. The number of benzene rings is 2. The van der Waals surface area contributed by atoms with Gasteiger partial charge >= 0.3 is 5.97 Å². The molecule has 0 spiro atoms. The van der Waals surface area contributed by atoms with Crippen molar-refractivity contribution in [2.45, 2.75) is 47.1 Å². The Kier molecular flexibility index (Phi) is 11.5. The maximum atomic E-state index is 12.6. The minimum Gasteiger partial charge on any atom is -0.494 e. The number of carbonyl (C=O) groups is 1. The summed E-state index contributed by atoms with van der Waals surface area (Å²) in [5.41, 5.74) is 4.11. The van der Waals surface area contributed by atoms with Crippen LogP contribution in [0.25, 0.3) is 0 Å². The molecule has 0 radical (unpaired) electrons. The van der Waals surface area contributed by atoms with E-state index in [4.69, 9.17) is 14.2 Å². The van der Waals surface area contributed by atoms with Crippen molar-refractivity contribution >= 4 is 5.97 Å². The molecule has 0 N–H and O–H groups in total. The molecule has 2 rings (SSSR count). The van der Waals surface area contributed by atoms with Crippen molar-refractivity contribution in [2.75, 3.05) is 20.3 Å². The maximum Gasteiger partial charge on any atom is 0.313 e. The molecule has 4 nitrogen and oxygen atoms in total. The molecule has 0 aliphatic carbocycles. The molecule has 188 valence electrons. The molecule has 2 aromatic carbocycles. The molecule has 0 fully saturated rings. The fourth-order valence-corrected chi connectivity index (χ4v) is 3.41. The topological polar surface area (TPSA) is 44.8 Å². The van der Waals surface area contributed by atoms with Gasteiger partial charge in [-0.3, -0.25) is 4.79 Å². The summed E-state index contributed by atoms with van der Waals surface area (Å²) in [5, 5.41) is 0. The van der Waals surface area contributed by atoms with Crippen LogP contribution in [0.3, 0.4) is 0 Å². The third-order valence-electron chi connectivity index (χ3n) is 5.84. The molecule has 0 saturated carbocycles. The van der Waals surface area contributed by atoms with Crippen LogP contribution in [0.5, 0.6) is 5.75 Å². The third-order valence-corrected chi connectivity index (χ3v) is 5.84. The Bertz CT molecular complexity index is 979. The first-order valence-corrected chi connectivity index (χ1v) is 12.2. The average Bonchev–Trinajstić information content (AvgIpc) is 2.86. The molecule has 0 aromatic heterocycles. The number of hydrogen-bond acceptors (Lipinski definition) is 4. The van der Waals surface area contributed by atoms with E-state index < -0.39 is 0 Å². The van der Waals surface area contributed by atoms with Gasteiger partial charge in [-0.1, -0.05) is 88.0 Å². The highest BCUT2D eigenvalue weighted by molar-refractivity contribution is 5.77. The Morgan fingerprint density at radius 3 is 2.26 bits per heavy atom. The molecule has 35 heavy (non-hydrogen) atoms. The predicted octanol–water partition coefficient (Wildman–Crippen LogP) is 7.11. The Morgan fingerprint density at radius 2 is 1.66 bits per heavy atom. The lowest BCUT2D eigenvalue weighted by Gasteiger charge is -2.20. The first kappa shape index (κ1) is 28.1. The van der Waals surface area contributed by atoms with Gasteiger partial charge in [-0.2, -0.15) is 0 Å². The predicted molar refractivity (Wildman–Crippen MR) is 143 cm³/mol. The molecular formula is C31H40O4. The van der Waals surface area contributed by atoms with Crippen molar-refractivity contribution < 1.29 is 19.0 Å². The van der Waals surface area contributed by atoms with E-state index in [0.717, 1.165) is 28.9 Å². The van der Waals surface area contributed by atoms with Crippen LogP contribution in [0, 0.1) is 11.3 Å². The lowest BCUT2D eigenvalue weighted by molar-refractivity contribution is -0.143. The molecule has 0 aliphatic rings. The van der Waals surface area contributed by atoms with Gasteiger partial charge in [0.05, 0.1) is 32.8 Å². The molecule has 0 amide bonds. The molecule has 1 atom stereocenters. The van der Waals surface area contributed by atoms with E-state index in [0.29, 0.717) is 26.2 Å². The standard InChI is InChI=1S/C31H40O4/c1-7-27(17-14-24(2)31(3,4)5)29(30(32)33-6)22-25-15-18-28(19-16-25)35-21-11-20-34-23-26-12-9-8-10-13-26/h7-10,12-19,29H,2,11,20-23H2,1,3-6H3/b17-14-,27-7+. The highest BCUT2D eigenvalue weighted by atomic mass is 16.5. The molecule has 4 heteroatoms. The van der Waals surface area contributed by atoms with E-state index in [1.54, 1.807) is 0 Å². The van der Waals surface area contributed by atoms with E-state index in [-0.39, 0.29) is 17.3 Å². The van der Waals surface area contributed by atoms with E-state index in [1.807, 2.05) is 67.6 Å². The van der Waals surface area contributed by atoms with E-state index in [9.17, 15) is 4.79 Å². The summed E-state index contributed by atoms with van der Waals surface area (Å²) >= 11 is 0. The van der Waals surface area contributed by atoms with Gasteiger partial charge in [-0.15, -0.1) is 0 Å². The average molecular weight is 477 g/mol. The zero-order valence-electron chi connectivity index (χ0n) is 21.9. The van der Waals surface area contributed by atoms with E-state index >= 15 is 0 Å². The smallest absolute Gasteiger partial charge is 0.313 e. The van der Waals surface area contributed by atoms with Crippen LogP contribution < -0.4 is 4.74 Å². The zero-order valence-corrected chi connectivity index (χ0v) is 21.9. The molecule has 2 aromatic rings. The van der Waals surface area contributed by atoms with Crippen LogP contribution >= 0.6 is 0 Å². The van der Waals surface area contributed by atoms with Gasteiger partial charge in [0.1, 0.15) is 5.75 Å². The van der Waals surface area contributed by atoms with Crippen molar-refractivity contribution in [1.29, 1.82) is 0 Å². The van der Waals surface area contributed by atoms with Crippen molar-refractivity contribution in [3.8, 4) is 5.75 Å². The van der Waals surface area contributed by atoms with E-state index in [2.05, 4.69) is 39.5 Å². The number of ether oxygens (including phenoxy) is 3. The van der Waals surface area contributed by atoms with Crippen LogP contribution in [-0.4, -0.2) is 26.3 Å². The van der Waals surface area contributed by atoms with Crippen molar-refractivity contribution in [2.24, 2.45) is 11.3 Å². The molecule has 0 saturated heterocycles. The van der Waals surface area contributed by atoms with Gasteiger partial charge in [0, 0.05) is 6.42 Å². The number of esters is 1. The van der Waals surface area contributed by atoms with Crippen LogP contribution in [0.15, 0.2) is 90.6 Å². The Balaban J connectivity index is 1.88. The van der Waals surface area contributed by atoms with Crippen molar-refractivity contribution in [3.63, 3.8) is 0 Å². The van der Waals surface area contributed by atoms with Crippen molar-refractivity contribution in [3.05, 3.63) is 102 Å². The molecule has 0 aliphatic heterocycles. The fraction of sp³-hybridized carbons (Fsp3) is 0.387. The first-order valence-electron chi connectivity index (χ1n) is 12.2. The summed E-state index contributed by atoms with van der Waals surface area (Å²) in [4.78, 5) is 12.6. The fourth-order valence-electron chi connectivity index (χ4n) is 3.41. The number of hydrogen-bond donors (Lipinski definition) is 0. The number of allylic oxidation sites excluding steroid dienone is 4. The van der Waals surface area contributed by atoms with E-state index in [1.165, 1.54) is 12.7 Å². The number of carbonyl (C=O) groups excluding carboxylic acids is 1. The summed E-state index contributed by atoms with van der Waals surface area (Å²) < 4.78 is 16.7. The Morgan fingerprint density at radius 1 is 0.971 bits per heavy atom. The summed E-state index contributed by atoms with van der Waals surface area (Å²) in [5.74, 6) is 0.168. The molecular weight excluding hydrogens is 436 g/mol. The monoisotopic (exact) mass is 476 g/mol. The summed E-state index contributed by atoms with van der Waals surface area (Å²) in [6.45, 7) is 14.3. The lowest BCUT2D eigenvalue weighted by Crippen LogP contribution is -2.20. The highest BCUT2D eigenvalue weighted by Crippen LogP contribution is 2.27. The van der Waals surface area contributed by atoms with Gasteiger partial charge in [0.15, 0.2) is 0 Å². The van der Waals surface area contributed by atoms with Gasteiger partial charge in [-0.25, -0.2) is 0 Å². The Labute approximate surface area is 211 Å². The number of rotatable bonds is 13. The summed E-state index contributed by atoms with van der Waals surface area (Å²) in [7, 11) is 1.43. The van der Waals surface area contributed by atoms with Gasteiger partial charge < -0.3 is 14.2 Å². The SMILES string of the molecule is C=C(/C=C\C(=C/C)C(Cc1ccc(OCCCOCc2ccccc2)cc1)C(=O)OC)C(C)(C)C. The normalized spacial score (nSPS) is 13.0. The van der Waals surface area contributed by atoms with Crippen LogP contribution in [0.2, 0.25) is 0 Å². The van der Waals surface area contributed by atoms with Crippen LogP contribution in [-0.2, 0) is 27.3 Å². The van der Waals surface area contributed by atoms with Crippen LogP contribution in [0.4, 0.5) is 0 Å². The highest BCUT2D eigenvalue weighted by Gasteiger charge is 2.23.